The first-order valence-electron chi connectivity index (χ1n) is 6.97. The third-order valence-corrected chi connectivity index (χ3v) is 5.87. The number of aryl methyl sites for hydroxylation is 1. The zero-order valence-electron chi connectivity index (χ0n) is 11.1. The van der Waals surface area contributed by atoms with Crippen LogP contribution in [0.15, 0.2) is 22.7 Å². The Bertz CT molecular complexity index is 602. The van der Waals surface area contributed by atoms with Gasteiger partial charge in [0.05, 0.1) is 11.8 Å². The van der Waals surface area contributed by atoms with Gasteiger partial charge in [-0.3, -0.25) is 14.9 Å². The molecule has 4 nitrogen and oxygen atoms in total. The number of hydrogen-bond acceptors (Lipinski definition) is 3. The van der Waals surface area contributed by atoms with E-state index < -0.39 is 0 Å². The van der Waals surface area contributed by atoms with E-state index in [1.807, 2.05) is 6.07 Å². The van der Waals surface area contributed by atoms with Gasteiger partial charge >= 0.3 is 0 Å². The van der Waals surface area contributed by atoms with E-state index in [1.165, 1.54) is 5.56 Å². The molecule has 4 rings (SSSR count). The van der Waals surface area contributed by atoms with Gasteiger partial charge in [0.1, 0.15) is 0 Å². The predicted octanol–water partition coefficient (Wildman–Crippen LogP) is 2.00. The van der Waals surface area contributed by atoms with Crippen LogP contribution in [0.5, 0.6) is 0 Å². The molecule has 0 saturated carbocycles. The van der Waals surface area contributed by atoms with Gasteiger partial charge in [0, 0.05) is 22.2 Å². The topological polar surface area (TPSA) is 49.4 Å². The number of benzene rings is 1. The second kappa shape index (κ2) is 4.07. The lowest BCUT2D eigenvalue weighted by Gasteiger charge is -2.27. The van der Waals surface area contributed by atoms with Gasteiger partial charge < -0.3 is 4.90 Å². The molecular weight excluding hydrogens is 320 g/mol. The molecule has 104 valence electrons. The first-order valence-corrected chi connectivity index (χ1v) is 7.76. The number of imide groups is 1. The van der Waals surface area contributed by atoms with Crippen LogP contribution in [0.1, 0.15) is 18.4 Å². The molecule has 2 amide bonds. The van der Waals surface area contributed by atoms with Crippen LogP contribution >= 0.6 is 15.9 Å². The molecule has 5 heteroatoms. The van der Waals surface area contributed by atoms with Crippen LogP contribution in [-0.4, -0.2) is 23.9 Å². The van der Waals surface area contributed by atoms with Crippen molar-refractivity contribution in [2.75, 3.05) is 4.90 Å². The molecule has 0 radical (unpaired) electrons. The van der Waals surface area contributed by atoms with Crippen molar-refractivity contribution in [1.82, 2.24) is 5.32 Å². The molecule has 3 fully saturated rings. The standard InChI is InChI=1S/C15H15BrN2O2/c1-7-6-8(2-3-9(7)16)18-10-4-5-11(18)13-12(10)14(19)17-15(13)20/h2-3,6,10-13H,4-5H2,1H3,(H,17,19,20). The molecule has 1 aromatic carbocycles. The Morgan fingerprint density at radius 3 is 2.30 bits per heavy atom. The number of carbonyl (C=O) groups excluding carboxylic acids is 2. The predicted molar refractivity (Wildman–Crippen MR) is 78.3 cm³/mol. The highest BCUT2D eigenvalue weighted by Crippen LogP contribution is 2.50. The minimum Gasteiger partial charge on any atom is -0.364 e. The minimum atomic E-state index is -0.148. The summed E-state index contributed by atoms with van der Waals surface area (Å²) >= 11 is 3.51. The number of nitrogens with one attached hydrogen (secondary N) is 1. The fourth-order valence-corrected chi connectivity index (χ4v) is 4.43. The second-order valence-electron chi connectivity index (χ2n) is 5.96. The molecular formula is C15H15BrN2O2. The average Bonchev–Trinajstić information content (AvgIpc) is 3.05. The molecule has 20 heavy (non-hydrogen) atoms. The Labute approximate surface area is 125 Å². The van der Waals surface area contributed by atoms with Crippen molar-refractivity contribution in [3.05, 3.63) is 28.2 Å². The number of halogens is 1. The summed E-state index contributed by atoms with van der Waals surface area (Å²) in [4.78, 5) is 26.3. The van der Waals surface area contributed by atoms with Crippen molar-refractivity contribution in [2.45, 2.75) is 31.8 Å². The summed E-state index contributed by atoms with van der Waals surface area (Å²) in [5.74, 6) is -0.451. The molecule has 3 aliphatic rings. The summed E-state index contributed by atoms with van der Waals surface area (Å²) in [5.41, 5.74) is 2.31. The Morgan fingerprint density at radius 1 is 1.15 bits per heavy atom. The van der Waals surface area contributed by atoms with Crippen LogP contribution < -0.4 is 10.2 Å². The van der Waals surface area contributed by atoms with Gasteiger partial charge in [0.25, 0.3) is 0 Å². The van der Waals surface area contributed by atoms with Crippen LogP contribution in [0.4, 0.5) is 5.69 Å². The first-order chi connectivity index (χ1) is 9.58. The molecule has 0 aromatic heterocycles. The number of fused-ring (bicyclic) bond motifs is 5. The van der Waals surface area contributed by atoms with Crippen molar-refractivity contribution in [1.29, 1.82) is 0 Å². The maximum absolute atomic E-state index is 12.0. The summed E-state index contributed by atoms with van der Waals surface area (Å²) < 4.78 is 1.09. The maximum Gasteiger partial charge on any atom is 0.232 e. The Hall–Kier alpha value is -1.36. The van der Waals surface area contributed by atoms with Gasteiger partial charge in [-0.15, -0.1) is 0 Å². The summed E-state index contributed by atoms with van der Waals surface area (Å²) in [6.07, 6.45) is 2.00. The molecule has 3 aliphatic heterocycles. The third-order valence-electron chi connectivity index (χ3n) is 4.98. The third kappa shape index (κ3) is 1.47. The fourth-order valence-electron chi connectivity index (χ4n) is 4.19. The Morgan fingerprint density at radius 2 is 1.75 bits per heavy atom. The van der Waals surface area contributed by atoms with Gasteiger partial charge in [-0.1, -0.05) is 15.9 Å². The monoisotopic (exact) mass is 334 g/mol. The van der Waals surface area contributed by atoms with E-state index in [9.17, 15) is 9.59 Å². The normalized spacial score (nSPS) is 34.6. The zero-order chi connectivity index (χ0) is 14.0. The molecule has 4 unspecified atom stereocenters. The fraction of sp³-hybridized carbons (Fsp3) is 0.467. The van der Waals surface area contributed by atoms with Gasteiger partial charge in [-0.25, -0.2) is 0 Å². The minimum absolute atomic E-state index is 0.0777. The molecule has 3 saturated heterocycles. The number of anilines is 1. The van der Waals surface area contributed by atoms with Gasteiger partial charge in [0.15, 0.2) is 0 Å². The summed E-state index contributed by atoms with van der Waals surface area (Å²) in [6.45, 7) is 2.06. The van der Waals surface area contributed by atoms with Crippen LogP contribution in [0.3, 0.4) is 0 Å². The molecule has 4 atom stereocenters. The lowest BCUT2D eigenvalue weighted by molar-refractivity contribution is -0.126. The molecule has 3 heterocycles. The Balaban J connectivity index is 1.76. The van der Waals surface area contributed by atoms with Crippen molar-refractivity contribution in [2.24, 2.45) is 11.8 Å². The SMILES string of the molecule is Cc1cc(N2C3CCC2C2C(=O)NC(=O)C23)ccc1Br. The van der Waals surface area contributed by atoms with Gasteiger partial charge in [-0.2, -0.15) is 0 Å². The van der Waals surface area contributed by atoms with Crippen LogP contribution in [0.25, 0.3) is 0 Å². The van der Waals surface area contributed by atoms with E-state index >= 15 is 0 Å². The van der Waals surface area contributed by atoms with E-state index in [4.69, 9.17) is 0 Å². The average molecular weight is 335 g/mol. The van der Waals surface area contributed by atoms with E-state index in [0.29, 0.717) is 0 Å². The molecule has 1 aromatic rings. The van der Waals surface area contributed by atoms with Crippen LogP contribution in [0, 0.1) is 18.8 Å². The van der Waals surface area contributed by atoms with E-state index in [2.05, 4.69) is 45.2 Å². The molecule has 2 bridgehead atoms. The van der Waals surface area contributed by atoms with E-state index in [0.717, 1.165) is 23.0 Å². The quantitative estimate of drug-likeness (QED) is 0.799. The molecule has 1 N–H and O–H groups in total. The second-order valence-corrected chi connectivity index (χ2v) is 6.81. The van der Waals surface area contributed by atoms with Crippen molar-refractivity contribution in [3.63, 3.8) is 0 Å². The highest BCUT2D eigenvalue weighted by Gasteiger charge is 2.62. The van der Waals surface area contributed by atoms with E-state index in [-0.39, 0.29) is 35.7 Å². The van der Waals surface area contributed by atoms with Crippen LogP contribution in [-0.2, 0) is 9.59 Å². The zero-order valence-corrected chi connectivity index (χ0v) is 12.7. The van der Waals surface area contributed by atoms with Crippen molar-refractivity contribution < 1.29 is 9.59 Å². The summed E-state index contributed by atoms with van der Waals surface area (Å²) in [5, 5.41) is 2.50. The highest BCUT2D eigenvalue weighted by atomic mass is 79.9. The van der Waals surface area contributed by atoms with Gasteiger partial charge in [-0.05, 0) is 43.5 Å². The Kier molecular flexibility index (Phi) is 2.52. The summed E-state index contributed by atoms with van der Waals surface area (Å²) in [7, 11) is 0. The van der Waals surface area contributed by atoms with E-state index in [1.54, 1.807) is 0 Å². The number of rotatable bonds is 1. The summed E-state index contributed by atoms with van der Waals surface area (Å²) in [6, 6.07) is 6.61. The smallest absolute Gasteiger partial charge is 0.232 e. The van der Waals surface area contributed by atoms with Crippen LogP contribution in [0.2, 0.25) is 0 Å². The van der Waals surface area contributed by atoms with Crippen molar-refractivity contribution >= 4 is 33.4 Å². The highest BCUT2D eigenvalue weighted by molar-refractivity contribution is 9.10. The van der Waals surface area contributed by atoms with Crippen molar-refractivity contribution in [3.8, 4) is 0 Å². The lowest BCUT2D eigenvalue weighted by atomic mass is 9.81. The number of amides is 2. The number of carbonyl (C=O) groups is 2. The molecule has 0 aliphatic carbocycles. The maximum atomic E-state index is 12.0. The van der Waals surface area contributed by atoms with Gasteiger partial charge in [0.2, 0.25) is 11.8 Å². The molecule has 0 spiro atoms. The number of nitrogens with zero attached hydrogens (tertiary/aromatic N) is 1. The first kappa shape index (κ1) is 12.4. The largest absolute Gasteiger partial charge is 0.364 e. The lowest BCUT2D eigenvalue weighted by Crippen LogP contribution is -2.37. The number of hydrogen-bond donors (Lipinski definition) is 1.